The van der Waals surface area contributed by atoms with Gasteiger partial charge in [-0.1, -0.05) is 31.5 Å². The number of aromatic nitrogens is 2. The summed E-state index contributed by atoms with van der Waals surface area (Å²) in [6.45, 7) is 8.17. The molecule has 1 aromatic heterocycles. The third-order valence-electron chi connectivity index (χ3n) is 3.96. The minimum absolute atomic E-state index is 0.0394. The van der Waals surface area contributed by atoms with E-state index < -0.39 is 7.82 Å². The third kappa shape index (κ3) is 7.37. The minimum Gasteiger partial charge on any atom is -0.404 e. The van der Waals surface area contributed by atoms with E-state index in [0.29, 0.717) is 16.1 Å². The van der Waals surface area contributed by atoms with Gasteiger partial charge in [-0.25, -0.2) is 4.57 Å². The highest BCUT2D eigenvalue weighted by Gasteiger charge is 2.35. The van der Waals surface area contributed by atoms with E-state index in [1.54, 1.807) is 19.2 Å². The Hall–Kier alpha value is -1.42. The number of aromatic amines is 2. The van der Waals surface area contributed by atoms with E-state index in [9.17, 15) is 9.36 Å². The number of H-pyrrole nitrogens is 2. The van der Waals surface area contributed by atoms with Gasteiger partial charge in [0.05, 0.1) is 19.3 Å². The third-order valence-corrected chi connectivity index (χ3v) is 6.32. The van der Waals surface area contributed by atoms with Crippen LogP contribution in [0.15, 0.2) is 29.2 Å². The standard InChI is InChI=1S/C12H15O5PS.C5H6N2OS.C2H6/c1-9-2-3-12-10(6-9)7-14-18(13,16-12)15-8-11-4-5-19-17-11;1-3-2-6-5(9)7-4(3)8;1-2/h2-3,6,11H,4-5,7-8H2,1H3;2H,1H3,(H2,6,7,8,9);1-2H3. The number of nitrogens with one attached hydrogen (secondary N) is 2. The Labute approximate surface area is 185 Å². The van der Waals surface area contributed by atoms with E-state index in [1.807, 2.05) is 32.9 Å². The fourth-order valence-corrected chi connectivity index (χ4v) is 4.60. The number of hydrogen-bond donors (Lipinski definition) is 2. The zero-order valence-electron chi connectivity index (χ0n) is 17.4. The zero-order chi connectivity index (χ0) is 22.1. The Morgan fingerprint density at radius 3 is 2.73 bits per heavy atom. The smallest absolute Gasteiger partial charge is 0.404 e. The first kappa shape index (κ1) is 24.8. The molecule has 2 unspecified atom stereocenters. The van der Waals surface area contributed by atoms with Crippen LogP contribution in [0.3, 0.4) is 0 Å². The number of benzene rings is 1. The monoisotopic (exact) mass is 474 g/mol. The lowest BCUT2D eigenvalue weighted by Crippen LogP contribution is -2.16. The minimum atomic E-state index is -3.50. The zero-order valence-corrected chi connectivity index (χ0v) is 20.0. The van der Waals surface area contributed by atoms with Crippen LogP contribution in [-0.2, 0) is 24.4 Å². The van der Waals surface area contributed by atoms with Gasteiger partial charge in [0.2, 0.25) is 0 Å². The molecule has 0 saturated carbocycles. The van der Waals surface area contributed by atoms with E-state index in [1.165, 1.54) is 12.0 Å². The second-order valence-corrected chi connectivity index (χ2v) is 9.14. The lowest BCUT2D eigenvalue weighted by Gasteiger charge is -2.25. The summed E-state index contributed by atoms with van der Waals surface area (Å²) < 4.78 is 34.0. The van der Waals surface area contributed by atoms with Crippen molar-refractivity contribution in [3.8, 4) is 5.75 Å². The molecule has 3 heterocycles. The molecule has 2 N–H and O–H groups in total. The topological polar surface area (TPSA) is 103 Å². The van der Waals surface area contributed by atoms with Crippen molar-refractivity contribution in [2.45, 2.75) is 46.8 Å². The first-order valence-corrected chi connectivity index (χ1v) is 12.4. The number of fused-ring (bicyclic) bond motifs is 1. The molecule has 2 aliphatic rings. The van der Waals surface area contributed by atoms with Gasteiger partial charge < -0.3 is 13.7 Å². The van der Waals surface area contributed by atoms with Crippen LogP contribution in [0.5, 0.6) is 5.75 Å². The molecular formula is C19H27N2O6PS2. The van der Waals surface area contributed by atoms with Crippen molar-refractivity contribution in [1.29, 1.82) is 0 Å². The Morgan fingerprint density at radius 2 is 2.10 bits per heavy atom. The molecular weight excluding hydrogens is 447 g/mol. The second-order valence-electron chi connectivity index (χ2n) is 6.30. The lowest BCUT2D eigenvalue weighted by molar-refractivity contribution is 0.0954. The van der Waals surface area contributed by atoms with Gasteiger partial charge in [0.1, 0.15) is 5.75 Å². The van der Waals surface area contributed by atoms with Crippen LogP contribution in [-0.4, -0.2) is 28.4 Å². The van der Waals surface area contributed by atoms with Gasteiger partial charge in [0.15, 0.2) is 4.77 Å². The maximum atomic E-state index is 12.3. The van der Waals surface area contributed by atoms with Gasteiger partial charge >= 0.3 is 7.82 Å². The molecule has 2 aromatic rings. The summed E-state index contributed by atoms with van der Waals surface area (Å²) in [5.41, 5.74) is 2.52. The molecule has 0 radical (unpaired) electrons. The Balaban J connectivity index is 0.000000245. The molecule has 1 aromatic carbocycles. The molecule has 11 heteroatoms. The fraction of sp³-hybridized carbons (Fsp3) is 0.474. The average molecular weight is 475 g/mol. The molecule has 8 nitrogen and oxygen atoms in total. The summed E-state index contributed by atoms with van der Waals surface area (Å²) in [4.78, 5) is 15.8. The van der Waals surface area contributed by atoms with Crippen LogP contribution >= 0.6 is 32.1 Å². The van der Waals surface area contributed by atoms with E-state index in [4.69, 9.17) is 17.8 Å². The molecule has 1 saturated heterocycles. The van der Waals surface area contributed by atoms with E-state index in [-0.39, 0.29) is 24.9 Å². The van der Waals surface area contributed by atoms with Gasteiger partial charge in [0.25, 0.3) is 5.56 Å². The van der Waals surface area contributed by atoms with Gasteiger partial charge in [-0.3, -0.25) is 18.8 Å². The van der Waals surface area contributed by atoms with Crippen LogP contribution in [0.4, 0.5) is 0 Å². The van der Waals surface area contributed by atoms with Crippen molar-refractivity contribution < 1.29 is 22.3 Å². The largest absolute Gasteiger partial charge is 0.530 e. The molecule has 4 rings (SSSR count). The molecule has 0 spiro atoms. The highest BCUT2D eigenvalue weighted by molar-refractivity contribution is 7.94. The van der Waals surface area contributed by atoms with Crippen LogP contribution in [0, 0.1) is 18.6 Å². The maximum absolute atomic E-state index is 12.3. The molecule has 0 aliphatic carbocycles. The quantitative estimate of drug-likeness (QED) is 0.354. The van der Waals surface area contributed by atoms with Crippen LogP contribution < -0.4 is 10.1 Å². The Kier molecular flexibility index (Phi) is 9.80. The Bertz CT molecular complexity index is 987. The molecule has 2 aliphatic heterocycles. The van der Waals surface area contributed by atoms with Crippen LogP contribution in [0.2, 0.25) is 0 Å². The molecule has 2 atom stereocenters. The number of aryl methyl sites for hydroxylation is 2. The van der Waals surface area contributed by atoms with Crippen molar-refractivity contribution in [2.75, 3.05) is 12.4 Å². The van der Waals surface area contributed by atoms with Gasteiger partial charge in [-0.05, 0) is 50.6 Å². The predicted molar refractivity (Wildman–Crippen MR) is 120 cm³/mol. The number of phosphoric ester groups is 1. The summed E-state index contributed by atoms with van der Waals surface area (Å²) in [7, 11) is -3.50. The average Bonchev–Trinajstić information content (AvgIpc) is 3.26. The van der Waals surface area contributed by atoms with Gasteiger partial charge in [-0.2, -0.15) is 0 Å². The van der Waals surface area contributed by atoms with Crippen molar-refractivity contribution in [2.24, 2.45) is 0 Å². The molecule has 1 fully saturated rings. The van der Waals surface area contributed by atoms with E-state index in [2.05, 4.69) is 22.2 Å². The number of hydrogen-bond acceptors (Lipinski definition) is 8. The van der Waals surface area contributed by atoms with Gasteiger partial charge in [-0.15, -0.1) is 0 Å². The number of phosphoric acid groups is 1. The fourth-order valence-electron chi connectivity index (χ4n) is 2.40. The first-order chi connectivity index (χ1) is 14.3. The summed E-state index contributed by atoms with van der Waals surface area (Å²) in [6.07, 6.45) is 2.43. The highest BCUT2D eigenvalue weighted by Crippen LogP contribution is 2.54. The molecule has 30 heavy (non-hydrogen) atoms. The van der Waals surface area contributed by atoms with Crippen molar-refractivity contribution in [1.82, 2.24) is 9.97 Å². The summed E-state index contributed by atoms with van der Waals surface area (Å²) in [5.74, 6) is 1.50. The number of rotatable bonds is 3. The van der Waals surface area contributed by atoms with Crippen LogP contribution in [0.25, 0.3) is 0 Å². The SMILES string of the molecule is CC.Cc1c[nH]c(=S)[nH]c1=O.Cc1ccc2c(c1)COP(=O)(OCC1CCSO1)O2. The van der Waals surface area contributed by atoms with Crippen LogP contribution in [0.1, 0.15) is 37.0 Å². The first-order valence-electron chi connectivity index (χ1n) is 9.60. The molecule has 166 valence electrons. The lowest BCUT2D eigenvalue weighted by atomic mass is 10.1. The van der Waals surface area contributed by atoms with Gasteiger partial charge in [0, 0.05) is 23.1 Å². The molecule has 0 amide bonds. The highest BCUT2D eigenvalue weighted by atomic mass is 32.2. The van der Waals surface area contributed by atoms with Crippen molar-refractivity contribution in [3.05, 3.63) is 56.2 Å². The summed E-state index contributed by atoms with van der Waals surface area (Å²) >= 11 is 6.05. The van der Waals surface area contributed by atoms with Crippen molar-refractivity contribution >= 4 is 32.1 Å². The predicted octanol–water partition coefficient (Wildman–Crippen LogP) is 5.23. The normalized spacial score (nSPS) is 21.9. The van der Waals surface area contributed by atoms with E-state index >= 15 is 0 Å². The van der Waals surface area contributed by atoms with Crippen molar-refractivity contribution in [3.63, 3.8) is 0 Å². The molecule has 0 bridgehead atoms. The Morgan fingerprint density at radius 1 is 1.33 bits per heavy atom. The van der Waals surface area contributed by atoms with E-state index in [0.717, 1.165) is 23.3 Å². The summed E-state index contributed by atoms with van der Waals surface area (Å²) in [6, 6.07) is 5.66. The second kappa shape index (κ2) is 11.8. The maximum Gasteiger partial charge on any atom is 0.530 e. The summed E-state index contributed by atoms with van der Waals surface area (Å²) in [5, 5.41) is 0.